The zero-order chi connectivity index (χ0) is 19.7. The lowest BCUT2D eigenvalue weighted by Crippen LogP contribution is -2.49. The second-order valence-corrected chi connectivity index (χ2v) is 7.72. The van der Waals surface area contributed by atoms with Crippen molar-refractivity contribution in [2.24, 2.45) is 5.41 Å². The van der Waals surface area contributed by atoms with Gasteiger partial charge in [-0.25, -0.2) is 4.79 Å². The van der Waals surface area contributed by atoms with Crippen LogP contribution in [0.3, 0.4) is 0 Å². The van der Waals surface area contributed by atoms with E-state index in [1.165, 1.54) is 6.92 Å². The molecule has 1 aliphatic heterocycles. The molecule has 26 heavy (non-hydrogen) atoms. The van der Waals surface area contributed by atoms with Gasteiger partial charge < -0.3 is 25.2 Å². The topological polar surface area (TPSA) is 131 Å². The van der Waals surface area contributed by atoms with Crippen LogP contribution in [0.15, 0.2) is 0 Å². The average molecular weight is 390 g/mol. The minimum atomic E-state index is -1.24. The zero-order valence-electron chi connectivity index (χ0n) is 15.2. The first-order valence-electron chi connectivity index (χ1n) is 8.33. The summed E-state index contributed by atoms with van der Waals surface area (Å²) in [7, 11) is 0. The van der Waals surface area contributed by atoms with E-state index in [-0.39, 0.29) is 31.9 Å². The van der Waals surface area contributed by atoms with Gasteiger partial charge in [0.15, 0.2) is 6.10 Å². The number of ether oxygens (including phenoxy) is 2. The van der Waals surface area contributed by atoms with Gasteiger partial charge in [-0.2, -0.15) is 0 Å². The van der Waals surface area contributed by atoms with Crippen molar-refractivity contribution in [1.29, 1.82) is 0 Å². The van der Waals surface area contributed by atoms with Crippen LogP contribution in [0.2, 0.25) is 0 Å². The molecule has 3 N–H and O–H groups in total. The summed E-state index contributed by atoms with van der Waals surface area (Å²) in [5.74, 6) is -1.24. The number of hydrogen-bond donors (Lipinski definition) is 3. The van der Waals surface area contributed by atoms with Gasteiger partial charge in [0.25, 0.3) is 5.91 Å². The molecular weight excluding hydrogens is 364 g/mol. The van der Waals surface area contributed by atoms with Gasteiger partial charge in [-0.15, -0.1) is 0 Å². The molecule has 2 atom stereocenters. The summed E-state index contributed by atoms with van der Waals surface area (Å²) >= 11 is 0.913. The Hall–Kier alpha value is -1.81. The number of hydrogen-bond acceptors (Lipinski definition) is 8. The van der Waals surface area contributed by atoms with Crippen molar-refractivity contribution in [3.05, 3.63) is 0 Å². The molecular formula is C16H26N2O7S. The fraction of sp³-hybridized carbons (Fsp3) is 0.750. The third-order valence-corrected chi connectivity index (χ3v) is 4.28. The zero-order valence-corrected chi connectivity index (χ0v) is 16.0. The molecule has 0 bridgehead atoms. The Bertz CT molecular complexity index is 537. The van der Waals surface area contributed by atoms with Gasteiger partial charge in [0.1, 0.15) is 6.61 Å². The Morgan fingerprint density at radius 2 is 2.04 bits per heavy atom. The summed E-state index contributed by atoms with van der Waals surface area (Å²) in [6.45, 7) is 4.95. The van der Waals surface area contributed by atoms with Gasteiger partial charge in [-0.3, -0.25) is 14.4 Å². The first-order valence-corrected chi connectivity index (χ1v) is 9.32. The van der Waals surface area contributed by atoms with Crippen LogP contribution in [0, 0.1) is 5.41 Å². The molecule has 2 amide bonds. The van der Waals surface area contributed by atoms with Crippen molar-refractivity contribution in [2.75, 3.05) is 25.4 Å². The smallest absolute Gasteiger partial charge is 0.367 e. The minimum Gasteiger partial charge on any atom is -0.457 e. The van der Waals surface area contributed by atoms with Crippen LogP contribution in [0.25, 0.3) is 0 Å². The number of carbonyl (C=O) groups is 4. The number of aliphatic hydroxyl groups is 1. The molecule has 10 heteroatoms. The largest absolute Gasteiger partial charge is 0.457 e. The maximum absolute atomic E-state index is 12.5. The number of thioether (sulfide) groups is 1. The SMILES string of the molecule is C[C@@H](O)CC(=O)O[C@H]1C(=O)NCCC(=O)NCCSC(=O)OCC1(C)C. The summed E-state index contributed by atoms with van der Waals surface area (Å²) in [6, 6.07) is 0. The van der Waals surface area contributed by atoms with Gasteiger partial charge in [-0.1, -0.05) is 13.8 Å². The lowest BCUT2D eigenvalue weighted by molar-refractivity contribution is -0.166. The van der Waals surface area contributed by atoms with Crippen molar-refractivity contribution in [1.82, 2.24) is 10.6 Å². The molecule has 1 aliphatic rings. The number of cyclic esters (lactones) is 1. The molecule has 0 spiro atoms. The van der Waals surface area contributed by atoms with Crippen LogP contribution >= 0.6 is 11.8 Å². The molecule has 0 unspecified atom stereocenters. The number of carbonyl (C=O) groups excluding carboxylic acids is 4. The van der Waals surface area contributed by atoms with Crippen LogP contribution in [-0.4, -0.2) is 65.8 Å². The molecule has 0 saturated carbocycles. The maximum Gasteiger partial charge on any atom is 0.367 e. The van der Waals surface area contributed by atoms with E-state index in [0.717, 1.165) is 11.8 Å². The predicted octanol–water partition coefficient (Wildman–Crippen LogP) is 0.201. The predicted molar refractivity (Wildman–Crippen MR) is 94.4 cm³/mol. The van der Waals surface area contributed by atoms with Crippen molar-refractivity contribution in [3.63, 3.8) is 0 Å². The Labute approximate surface area is 156 Å². The minimum absolute atomic E-state index is 0.0651. The summed E-state index contributed by atoms with van der Waals surface area (Å²) in [5.41, 5.74) is -0.999. The Kier molecular flexibility index (Phi) is 8.86. The van der Waals surface area contributed by atoms with Crippen LogP contribution in [-0.2, 0) is 23.9 Å². The summed E-state index contributed by atoms with van der Waals surface area (Å²) in [4.78, 5) is 47.8. The number of esters is 1. The Balaban J connectivity index is 2.90. The van der Waals surface area contributed by atoms with E-state index < -0.39 is 34.8 Å². The van der Waals surface area contributed by atoms with E-state index in [2.05, 4.69) is 10.6 Å². The fourth-order valence-corrected chi connectivity index (χ4v) is 2.67. The highest BCUT2D eigenvalue weighted by Gasteiger charge is 2.40. The van der Waals surface area contributed by atoms with Gasteiger partial charge in [0, 0.05) is 30.7 Å². The summed E-state index contributed by atoms with van der Waals surface area (Å²) in [5, 5.41) is 13.9. The van der Waals surface area contributed by atoms with E-state index in [1.54, 1.807) is 13.8 Å². The highest BCUT2D eigenvalue weighted by Crippen LogP contribution is 2.26. The van der Waals surface area contributed by atoms with Gasteiger partial charge in [0.2, 0.25) is 5.91 Å². The highest BCUT2D eigenvalue weighted by molar-refractivity contribution is 8.13. The van der Waals surface area contributed by atoms with Crippen molar-refractivity contribution < 1.29 is 33.8 Å². The number of aliphatic hydroxyl groups excluding tert-OH is 1. The lowest BCUT2D eigenvalue weighted by atomic mass is 9.86. The van der Waals surface area contributed by atoms with Gasteiger partial charge in [-0.05, 0) is 18.7 Å². The highest BCUT2D eigenvalue weighted by atomic mass is 32.2. The maximum atomic E-state index is 12.5. The second kappa shape index (κ2) is 10.4. The van der Waals surface area contributed by atoms with Crippen LogP contribution < -0.4 is 10.6 Å². The van der Waals surface area contributed by atoms with Crippen molar-refractivity contribution in [3.8, 4) is 0 Å². The molecule has 0 aromatic carbocycles. The van der Waals surface area contributed by atoms with E-state index in [9.17, 15) is 24.3 Å². The number of rotatable bonds is 3. The first-order chi connectivity index (χ1) is 12.1. The van der Waals surface area contributed by atoms with Crippen LogP contribution in [0.1, 0.15) is 33.6 Å². The van der Waals surface area contributed by atoms with Crippen LogP contribution in [0.4, 0.5) is 4.79 Å². The molecule has 148 valence electrons. The summed E-state index contributed by atoms with van der Waals surface area (Å²) in [6.07, 6.45) is -2.35. The molecule has 0 aliphatic carbocycles. The monoisotopic (exact) mass is 390 g/mol. The molecule has 1 heterocycles. The van der Waals surface area contributed by atoms with E-state index >= 15 is 0 Å². The second-order valence-electron chi connectivity index (χ2n) is 6.69. The summed E-state index contributed by atoms with van der Waals surface area (Å²) < 4.78 is 10.4. The Morgan fingerprint density at radius 3 is 2.69 bits per heavy atom. The van der Waals surface area contributed by atoms with Crippen molar-refractivity contribution in [2.45, 2.75) is 45.8 Å². The normalized spacial score (nSPS) is 23.7. The third kappa shape index (κ3) is 8.05. The molecule has 9 nitrogen and oxygen atoms in total. The standard InChI is InChI=1S/C16H26N2O7S/c1-10(19)8-12(21)25-13-14(22)18-5-4-11(20)17-6-7-26-15(23)24-9-16(13,2)3/h10,13,19H,4-9H2,1-3H3,(H,17,20)(H,18,22)/t10-,13+/m1/s1. The molecule has 0 aromatic heterocycles. The fourth-order valence-electron chi connectivity index (χ4n) is 2.16. The number of amides is 2. The number of nitrogens with one attached hydrogen (secondary N) is 2. The van der Waals surface area contributed by atoms with Crippen molar-refractivity contribution >= 4 is 34.8 Å². The van der Waals surface area contributed by atoms with E-state index in [4.69, 9.17) is 9.47 Å². The van der Waals surface area contributed by atoms with E-state index in [0.29, 0.717) is 12.3 Å². The molecule has 1 saturated heterocycles. The average Bonchev–Trinajstić information content (AvgIpc) is 2.53. The Morgan fingerprint density at radius 1 is 1.35 bits per heavy atom. The molecule has 1 rings (SSSR count). The van der Waals surface area contributed by atoms with Gasteiger partial charge in [0.05, 0.1) is 12.5 Å². The van der Waals surface area contributed by atoms with Gasteiger partial charge >= 0.3 is 11.3 Å². The molecule has 0 aromatic rings. The third-order valence-electron chi connectivity index (χ3n) is 3.52. The molecule has 0 radical (unpaired) electrons. The quantitative estimate of drug-likeness (QED) is 0.583. The lowest BCUT2D eigenvalue weighted by Gasteiger charge is -2.32. The first kappa shape index (κ1) is 22.2. The van der Waals surface area contributed by atoms with Crippen LogP contribution in [0.5, 0.6) is 0 Å². The van der Waals surface area contributed by atoms with E-state index in [1.807, 2.05) is 0 Å². The molecule has 1 fully saturated rings.